The van der Waals surface area contributed by atoms with Crippen molar-refractivity contribution in [1.29, 1.82) is 0 Å². The molecule has 3 rings (SSSR count). The smallest absolute Gasteiger partial charge is 0.318 e. The summed E-state index contributed by atoms with van der Waals surface area (Å²) >= 11 is 1.81. The molecule has 0 aliphatic carbocycles. The fourth-order valence-electron chi connectivity index (χ4n) is 3.19. The highest BCUT2D eigenvalue weighted by molar-refractivity contribution is 7.10. The lowest BCUT2D eigenvalue weighted by Gasteiger charge is -2.35. The van der Waals surface area contributed by atoms with E-state index >= 15 is 0 Å². The lowest BCUT2D eigenvalue weighted by Crippen LogP contribution is -2.46. The largest absolute Gasteiger partial charge is 0.376 e. The van der Waals surface area contributed by atoms with Crippen LogP contribution in [-0.4, -0.2) is 36.7 Å². The molecule has 0 unspecified atom stereocenters. The first-order valence-corrected chi connectivity index (χ1v) is 8.40. The van der Waals surface area contributed by atoms with Gasteiger partial charge in [-0.1, -0.05) is 6.92 Å². The number of carbonyl (C=O) groups excluding carboxylic acids is 1. The van der Waals surface area contributed by atoms with Gasteiger partial charge in [-0.05, 0) is 42.7 Å². The molecule has 3 heterocycles. The third-order valence-electron chi connectivity index (χ3n) is 4.25. The summed E-state index contributed by atoms with van der Waals surface area (Å²) in [7, 11) is 0. The Hall–Kier alpha value is -1.07. The van der Waals surface area contributed by atoms with Gasteiger partial charge in [0.2, 0.25) is 0 Å². The molecule has 2 aliphatic heterocycles. The quantitative estimate of drug-likeness (QED) is 0.931. The van der Waals surface area contributed by atoms with Gasteiger partial charge in [0.15, 0.2) is 0 Å². The van der Waals surface area contributed by atoms with Gasteiger partial charge in [0.1, 0.15) is 0 Å². The molecule has 2 atom stereocenters. The highest BCUT2D eigenvalue weighted by Crippen LogP contribution is 2.35. The monoisotopic (exact) mass is 294 g/mol. The lowest BCUT2D eigenvalue weighted by atomic mass is 9.98. The SMILES string of the molecule is CC[C@H]1c2ccsc2CCN1C(=O)NC[C@H]1CCCO1. The molecule has 1 aromatic heterocycles. The number of urea groups is 1. The van der Waals surface area contributed by atoms with Crippen LogP contribution in [0.2, 0.25) is 0 Å². The minimum Gasteiger partial charge on any atom is -0.376 e. The summed E-state index contributed by atoms with van der Waals surface area (Å²) in [5.74, 6) is 0. The average Bonchev–Trinajstić information content (AvgIpc) is 3.14. The molecule has 1 aromatic rings. The van der Waals surface area contributed by atoms with Gasteiger partial charge in [0.05, 0.1) is 12.1 Å². The zero-order valence-corrected chi connectivity index (χ0v) is 12.7. The molecule has 1 fully saturated rings. The Morgan fingerprint density at radius 3 is 3.25 bits per heavy atom. The first kappa shape index (κ1) is 13.9. The second kappa shape index (κ2) is 6.14. The van der Waals surface area contributed by atoms with Gasteiger partial charge in [-0.2, -0.15) is 0 Å². The van der Waals surface area contributed by atoms with Crippen molar-refractivity contribution >= 4 is 17.4 Å². The zero-order valence-electron chi connectivity index (χ0n) is 11.9. The summed E-state index contributed by atoms with van der Waals surface area (Å²) in [5.41, 5.74) is 1.34. The van der Waals surface area contributed by atoms with Crippen LogP contribution in [0.3, 0.4) is 0 Å². The fraction of sp³-hybridized carbons (Fsp3) is 0.667. The number of rotatable bonds is 3. The molecule has 5 heteroatoms. The van der Waals surface area contributed by atoms with E-state index in [2.05, 4.69) is 23.7 Å². The van der Waals surface area contributed by atoms with Crippen molar-refractivity contribution in [2.75, 3.05) is 19.7 Å². The van der Waals surface area contributed by atoms with Gasteiger partial charge in [0.25, 0.3) is 0 Å². The predicted octanol–water partition coefficient (Wildman–Crippen LogP) is 2.95. The van der Waals surface area contributed by atoms with Crippen LogP contribution in [0.15, 0.2) is 11.4 Å². The van der Waals surface area contributed by atoms with Crippen molar-refractivity contribution in [2.45, 2.75) is 44.8 Å². The normalized spacial score (nSPS) is 25.6. The number of fused-ring (bicyclic) bond motifs is 1. The Morgan fingerprint density at radius 1 is 1.60 bits per heavy atom. The standard InChI is InChI=1S/C15H22N2O2S/c1-2-13-12-6-9-20-14(12)5-7-17(13)15(18)16-10-11-4-3-8-19-11/h6,9,11,13H,2-5,7-8,10H2,1H3,(H,16,18)/t11-,13+/m1/s1. The van der Waals surface area contributed by atoms with E-state index < -0.39 is 0 Å². The number of ether oxygens (including phenoxy) is 1. The summed E-state index contributed by atoms with van der Waals surface area (Å²) in [4.78, 5) is 15.9. The van der Waals surface area contributed by atoms with Crippen LogP contribution in [0.5, 0.6) is 0 Å². The van der Waals surface area contributed by atoms with Gasteiger partial charge in [-0.3, -0.25) is 0 Å². The van der Waals surface area contributed by atoms with Crippen LogP contribution in [0, 0.1) is 0 Å². The van der Waals surface area contributed by atoms with E-state index in [1.54, 1.807) is 0 Å². The van der Waals surface area contributed by atoms with Gasteiger partial charge < -0.3 is 15.0 Å². The zero-order chi connectivity index (χ0) is 13.9. The van der Waals surface area contributed by atoms with E-state index in [4.69, 9.17) is 4.74 Å². The van der Waals surface area contributed by atoms with Crippen molar-refractivity contribution in [3.05, 3.63) is 21.9 Å². The summed E-state index contributed by atoms with van der Waals surface area (Å²) in [6.45, 7) is 4.45. The Morgan fingerprint density at radius 2 is 2.50 bits per heavy atom. The number of carbonyl (C=O) groups is 1. The summed E-state index contributed by atoms with van der Waals surface area (Å²) < 4.78 is 5.56. The number of amides is 2. The van der Waals surface area contributed by atoms with Crippen LogP contribution in [-0.2, 0) is 11.2 Å². The molecule has 4 nitrogen and oxygen atoms in total. The number of nitrogens with zero attached hydrogens (tertiary/aromatic N) is 1. The molecule has 2 aliphatic rings. The summed E-state index contributed by atoms with van der Waals surface area (Å²) in [6, 6.07) is 2.46. The van der Waals surface area contributed by atoms with Crippen molar-refractivity contribution in [3.63, 3.8) is 0 Å². The molecule has 0 spiro atoms. The highest BCUT2D eigenvalue weighted by atomic mass is 32.1. The van der Waals surface area contributed by atoms with Crippen LogP contribution in [0.1, 0.15) is 42.7 Å². The topological polar surface area (TPSA) is 41.6 Å². The van der Waals surface area contributed by atoms with Crippen molar-refractivity contribution in [1.82, 2.24) is 10.2 Å². The number of hydrogen-bond acceptors (Lipinski definition) is 3. The molecule has 0 saturated carbocycles. The molecule has 20 heavy (non-hydrogen) atoms. The van der Waals surface area contributed by atoms with E-state index in [0.717, 1.165) is 38.8 Å². The Labute approximate surface area is 124 Å². The minimum atomic E-state index is 0.0594. The number of hydrogen-bond donors (Lipinski definition) is 1. The Balaban J connectivity index is 1.62. The van der Waals surface area contributed by atoms with E-state index in [-0.39, 0.29) is 18.2 Å². The fourth-order valence-corrected chi connectivity index (χ4v) is 4.12. The molecular weight excluding hydrogens is 272 g/mol. The van der Waals surface area contributed by atoms with Crippen LogP contribution in [0.25, 0.3) is 0 Å². The first-order chi connectivity index (χ1) is 9.79. The number of thiophene rings is 1. The molecule has 0 aromatic carbocycles. The van der Waals surface area contributed by atoms with Gasteiger partial charge >= 0.3 is 6.03 Å². The Kier molecular flexibility index (Phi) is 4.27. The number of nitrogens with one attached hydrogen (secondary N) is 1. The highest BCUT2D eigenvalue weighted by Gasteiger charge is 2.30. The first-order valence-electron chi connectivity index (χ1n) is 7.52. The van der Waals surface area contributed by atoms with Crippen molar-refractivity contribution in [3.8, 4) is 0 Å². The third kappa shape index (κ3) is 2.69. The third-order valence-corrected chi connectivity index (χ3v) is 5.24. The summed E-state index contributed by atoms with van der Waals surface area (Å²) in [5, 5.41) is 5.19. The molecule has 2 amide bonds. The van der Waals surface area contributed by atoms with Gasteiger partial charge in [0, 0.05) is 24.6 Å². The van der Waals surface area contributed by atoms with Crippen molar-refractivity contribution in [2.24, 2.45) is 0 Å². The van der Waals surface area contributed by atoms with Crippen LogP contribution in [0.4, 0.5) is 4.79 Å². The second-order valence-corrected chi connectivity index (χ2v) is 6.49. The van der Waals surface area contributed by atoms with Crippen LogP contribution >= 0.6 is 11.3 Å². The molecular formula is C15H22N2O2S. The van der Waals surface area contributed by atoms with Gasteiger partial charge in [-0.25, -0.2) is 4.79 Å². The molecule has 110 valence electrons. The van der Waals surface area contributed by atoms with Crippen LogP contribution < -0.4 is 5.32 Å². The van der Waals surface area contributed by atoms with Crippen molar-refractivity contribution < 1.29 is 9.53 Å². The predicted molar refractivity (Wildman–Crippen MR) is 80.1 cm³/mol. The summed E-state index contributed by atoms with van der Waals surface area (Å²) in [6.07, 6.45) is 4.33. The maximum Gasteiger partial charge on any atom is 0.318 e. The van der Waals surface area contributed by atoms with E-state index in [1.807, 2.05) is 16.2 Å². The Bertz CT molecular complexity index is 468. The maximum atomic E-state index is 12.4. The molecule has 1 saturated heterocycles. The maximum absolute atomic E-state index is 12.4. The molecule has 1 N–H and O–H groups in total. The molecule has 0 bridgehead atoms. The van der Waals surface area contributed by atoms with E-state index in [1.165, 1.54) is 10.4 Å². The minimum absolute atomic E-state index is 0.0594. The molecule has 0 radical (unpaired) electrons. The van der Waals surface area contributed by atoms with Gasteiger partial charge in [-0.15, -0.1) is 11.3 Å². The second-order valence-electron chi connectivity index (χ2n) is 5.49. The van der Waals surface area contributed by atoms with E-state index in [9.17, 15) is 4.79 Å². The average molecular weight is 294 g/mol. The van der Waals surface area contributed by atoms with E-state index in [0.29, 0.717) is 6.54 Å². The lowest BCUT2D eigenvalue weighted by molar-refractivity contribution is 0.106.